The second-order valence-corrected chi connectivity index (χ2v) is 6.44. The number of fused-ring (bicyclic) bond motifs is 1. The molecule has 1 aromatic carbocycles. The van der Waals surface area contributed by atoms with Gasteiger partial charge in [0.05, 0.1) is 19.8 Å². The lowest BCUT2D eigenvalue weighted by atomic mass is 10.1. The summed E-state index contributed by atoms with van der Waals surface area (Å²) in [4.78, 5) is 4.27. The van der Waals surface area contributed by atoms with Gasteiger partial charge in [-0.15, -0.1) is 0 Å². The van der Waals surface area contributed by atoms with Crippen LogP contribution < -0.4 is 20.1 Å². The van der Waals surface area contributed by atoms with Crippen LogP contribution in [0.25, 0.3) is 0 Å². The van der Waals surface area contributed by atoms with E-state index in [0.29, 0.717) is 33.0 Å². The standard InChI is InChI=1S/C20H33N3O4/c1-5-26-18-12-16-11-15(2)27-19(16)13-17(18)14-23-20(21-3)22-7-6-8-25-10-9-24-4/h12-13,15H,5-11,14H2,1-4H3,(H2,21,22,23). The molecule has 0 aromatic heterocycles. The van der Waals surface area contributed by atoms with Gasteiger partial charge in [-0.3, -0.25) is 4.99 Å². The van der Waals surface area contributed by atoms with E-state index in [4.69, 9.17) is 18.9 Å². The molecule has 1 heterocycles. The summed E-state index contributed by atoms with van der Waals surface area (Å²) in [6.07, 6.45) is 2.05. The summed E-state index contributed by atoms with van der Waals surface area (Å²) in [5.74, 6) is 2.62. The van der Waals surface area contributed by atoms with Crippen LogP contribution in [0.1, 0.15) is 31.4 Å². The Morgan fingerprint density at radius 3 is 2.85 bits per heavy atom. The molecule has 0 bridgehead atoms. The highest BCUT2D eigenvalue weighted by Gasteiger charge is 2.21. The van der Waals surface area contributed by atoms with Gasteiger partial charge in [-0.05, 0) is 32.4 Å². The fourth-order valence-electron chi connectivity index (χ4n) is 2.93. The summed E-state index contributed by atoms with van der Waals surface area (Å²) in [7, 11) is 3.44. The van der Waals surface area contributed by atoms with Gasteiger partial charge >= 0.3 is 0 Å². The maximum atomic E-state index is 5.88. The Labute approximate surface area is 162 Å². The van der Waals surface area contributed by atoms with Crippen LogP contribution in [-0.2, 0) is 22.4 Å². The zero-order valence-electron chi connectivity index (χ0n) is 17.0. The van der Waals surface area contributed by atoms with E-state index in [-0.39, 0.29) is 6.10 Å². The van der Waals surface area contributed by atoms with E-state index in [1.54, 1.807) is 14.2 Å². The van der Waals surface area contributed by atoms with Crippen molar-refractivity contribution >= 4 is 5.96 Å². The molecule has 0 amide bonds. The van der Waals surface area contributed by atoms with Crippen LogP contribution in [0, 0.1) is 0 Å². The topological polar surface area (TPSA) is 73.3 Å². The van der Waals surface area contributed by atoms with Crippen LogP contribution >= 0.6 is 0 Å². The predicted octanol–water partition coefficient (Wildman–Crippen LogP) is 2.13. The summed E-state index contributed by atoms with van der Waals surface area (Å²) in [5, 5.41) is 6.64. The minimum absolute atomic E-state index is 0.221. The summed E-state index contributed by atoms with van der Waals surface area (Å²) in [6.45, 7) is 8.08. The second-order valence-electron chi connectivity index (χ2n) is 6.44. The molecule has 0 saturated heterocycles. The molecule has 0 aliphatic carbocycles. The van der Waals surface area contributed by atoms with Crippen molar-refractivity contribution in [3.63, 3.8) is 0 Å². The third-order valence-corrected chi connectivity index (χ3v) is 4.24. The fraction of sp³-hybridized carbons (Fsp3) is 0.650. The van der Waals surface area contributed by atoms with Crippen molar-refractivity contribution in [3.05, 3.63) is 23.3 Å². The molecule has 152 valence electrons. The highest BCUT2D eigenvalue weighted by molar-refractivity contribution is 5.79. The Hall–Kier alpha value is -1.99. The Balaban J connectivity index is 1.82. The summed E-state index contributed by atoms with van der Waals surface area (Å²) >= 11 is 0. The lowest BCUT2D eigenvalue weighted by Crippen LogP contribution is -2.37. The average Bonchev–Trinajstić information content (AvgIpc) is 3.02. The van der Waals surface area contributed by atoms with E-state index < -0.39 is 0 Å². The van der Waals surface area contributed by atoms with Gasteiger partial charge in [-0.25, -0.2) is 0 Å². The Morgan fingerprint density at radius 1 is 1.26 bits per heavy atom. The van der Waals surface area contributed by atoms with Crippen molar-refractivity contribution in [2.45, 2.75) is 39.3 Å². The van der Waals surface area contributed by atoms with Crippen LogP contribution in [0.2, 0.25) is 0 Å². The smallest absolute Gasteiger partial charge is 0.191 e. The third kappa shape index (κ3) is 6.92. The molecular weight excluding hydrogens is 346 g/mol. The Bertz CT molecular complexity index is 607. The molecule has 1 aliphatic rings. The average molecular weight is 380 g/mol. The molecule has 7 heteroatoms. The number of hydrogen-bond acceptors (Lipinski definition) is 5. The minimum atomic E-state index is 0.221. The second kappa shape index (κ2) is 11.7. The van der Waals surface area contributed by atoms with Gasteiger partial charge in [0.2, 0.25) is 0 Å². The van der Waals surface area contributed by atoms with Crippen molar-refractivity contribution in [1.82, 2.24) is 10.6 Å². The Morgan fingerprint density at radius 2 is 2.11 bits per heavy atom. The van der Waals surface area contributed by atoms with Crippen molar-refractivity contribution in [3.8, 4) is 11.5 Å². The monoisotopic (exact) mass is 379 g/mol. The molecule has 0 spiro atoms. The molecule has 0 fully saturated rings. The van der Waals surface area contributed by atoms with E-state index >= 15 is 0 Å². The zero-order chi connectivity index (χ0) is 19.5. The lowest BCUT2D eigenvalue weighted by molar-refractivity contribution is 0.0698. The van der Waals surface area contributed by atoms with Gasteiger partial charge in [0.15, 0.2) is 5.96 Å². The fourth-order valence-corrected chi connectivity index (χ4v) is 2.93. The van der Waals surface area contributed by atoms with Crippen molar-refractivity contribution in [2.75, 3.05) is 47.1 Å². The van der Waals surface area contributed by atoms with Crippen LogP contribution in [-0.4, -0.2) is 59.2 Å². The van der Waals surface area contributed by atoms with Gasteiger partial charge in [-0.2, -0.15) is 0 Å². The molecule has 0 radical (unpaired) electrons. The molecule has 0 saturated carbocycles. The molecule has 7 nitrogen and oxygen atoms in total. The highest BCUT2D eigenvalue weighted by atomic mass is 16.5. The van der Waals surface area contributed by atoms with Crippen molar-refractivity contribution in [2.24, 2.45) is 4.99 Å². The van der Waals surface area contributed by atoms with Gasteiger partial charge in [0.25, 0.3) is 0 Å². The summed E-state index contributed by atoms with van der Waals surface area (Å²) in [6, 6.07) is 4.18. The van der Waals surface area contributed by atoms with Crippen LogP contribution in [0.15, 0.2) is 17.1 Å². The molecule has 1 unspecified atom stereocenters. The molecule has 1 aromatic rings. The zero-order valence-corrected chi connectivity index (χ0v) is 17.0. The van der Waals surface area contributed by atoms with Crippen molar-refractivity contribution < 1.29 is 18.9 Å². The largest absolute Gasteiger partial charge is 0.494 e. The van der Waals surface area contributed by atoms with E-state index in [1.807, 2.05) is 6.92 Å². The van der Waals surface area contributed by atoms with Crippen molar-refractivity contribution in [1.29, 1.82) is 0 Å². The van der Waals surface area contributed by atoms with Crippen LogP contribution in [0.3, 0.4) is 0 Å². The first-order valence-electron chi connectivity index (χ1n) is 9.64. The van der Waals surface area contributed by atoms with E-state index in [0.717, 1.165) is 42.4 Å². The van der Waals surface area contributed by atoms with Gasteiger partial charge < -0.3 is 29.6 Å². The lowest BCUT2D eigenvalue weighted by Gasteiger charge is -2.15. The SMILES string of the molecule is CCOc1cc2c(cc1CNC(=NC)NCCCOCCOC)OC(C)C2. The maximum absolute atomic E-state index is 5.88. The van der Waals surface area contributed by atoms with E-state index in [2.05, 4.69) is 34.7 Å². The maximum Gasteiger partial charge on any atom is 0.191 e. The molecule has 1 atom stereocenters. The Kier molecular flexibility index (Phi) is 9.21. The number of ether oxygens (including phenoxy) is 4. The summed E-state index contributed by atoms with van der Waals surface area (Å²) < 4.78 is 22.1. The van der Waals surface area contributed by atoms with E-state index in [9.17, 15) is 0 Å². The normalized spacial score (nSPS) is 16.0. The predicted molar refractivity (Wildman–Crippen MR) is 107 cm³/mol. The third-order valence-electron chi connectivity index (χ3n) is 4.24. The number of methoxy groups -OCH3 is 1. The number of benzene rings is 1. The molecular formula is C20H33N3O4. The highest BCUT2D eigenvalue weighted by Crippen LogP contribution is 2.35. The van der Waals surface area contributed by atoms with Gasteiger partial charge in [-0.1, -0.05) is 0 Å². The molecule has 27 heavy (non-hydrogen) atoms. The number of hydrogen-bond donors (Lipinski definition) is 2. The van der Waals surface area contributed by atoms with Crippen LogP contribution in [0.4, 0.5) is 0 Å². The first-order valence-corrected chi connectivity index (χ1v) is 9.64. The van der Waals surface area contributed by atoms with Crippen LogP contribution in [0.5, 0.6) is 11.5 Å². The minimum Gasteiger partial charge on any atom is -0.494 e. The van der Waals surface area contributed by atoms with Gasteiger partial charge in [0, 0.05) is 51.4 Å². The molecule has 2 rings (SSSR count). The number of nitrogens with one attached hydrogen (secondary N) is 2. The number of guanidine groups is 1. The first-order chi connectivity index (χ1) is 13.2. The first kappa shape index (κ1) is 21.3. The number of rotatable bonds is 11. The number of aliphatic imine (C=N–C) groups is 1. The quantitative estimate of drug-likeness (QED) is 0.349. The number of nitrogens with zero attached hydrogens (tertiary/aromatic N) is 1. The van der Waals surface area contributed by atoms with E-state index in [1.165, 1.54) is 5.56 Å². The summed E-state index contributed by atoms with van der Waals surface area (Å²) in [5.41, 5.74) is 2.28. The van der Waals surface area contributed by atoms with Gasteiger partial charge in [0.1, 0.15) is 17.6 Å². The molecule has 1 aliphatic heterocycles. The molecule has 2 N–H and O–H groups in total.